The maximum absolute atomic E-state index is 15.1. The molecule has 0 radical (unpaired) electrons. The smallest absolute Gasteiger partial charge is 0.315 e. The van der Waals surface area contributed by atoms with Crippen molar-refractivity contribution in [3.63, 3.8) is 0 Å². The van der Waals surface area contributed by atoms with Crippen LogP contribution < -0.4 is 21.3 Å². The normalized spacial score (nSPS) is 25.2. The van der Waals surface area contributed by atoms with Crippen molar-refractivity contribution >= 4 is 62.9 Å². The number of nitrogens with zero attached hydrogens (tertiary/aromatic N) is 1. The number of hydrogen-bond acceptors (Lipinski definition) is 9. The molecule has 5 rings (SSSR count). The Balaban J connectivity index is 1.42. The van der Waals surface area contributed by atoms with Gasteiger partial charge in [0.1, 0.15) is 12.1 Å². The monoisotopic (exact) mass is 797 g/mol. The van der Waals surface area contributed by atoms with Crippen molar-refractivity contribution < 1.29 is 32.4 Å². The van der Waals surface area contributed by atoms with Crippen LogP contribution in [0.2, 0.25) is 0 Å². The molecule has 2 heterocycles. The summed E-state index contributed by atoms with van der Waals surface area (Å²) in [5.41, 5.74) is -1.53. The van der Waals surface area contributed by atoms with Gasteiger partial charge in [-0.3, -0.25) is 19.2 Å². The van der Waals surface area contributed by atoms with Crippen molar-refractivity contribution in [3.05, 3.63) is 0 Å². The Hall–Kier alpha value is -2.00. The standard InChI is InChI=1S/C38H63N5O7S3/c1-6-14-27(29(44)32(46)39-26-15-16-26)40-31(45)28-23-38(51-21-13-22-52-38)24-43(28)33(47)30(36(5)17-9-7-10-18-36)41-34(48)42-37(19-11-8-12-20-37)25-53(49,50)35(2,3)4/h26-28,30H,6-25H2,1-5H3,(H,39,46)(H,40,45)(H2,41,42,48)/t27-,28-,30+/m0/s1. The largest absolute Gasteiger partial charge is 0.347 e. The summed E-state index contributed by atoms with van der Waals surface area (Å²) in [5.74, 6) is -0.514. The van der Waals surface area contributed by atoms with Crippen molar-refractivity contribution in [1.29, 1.82) is 0 Å². The predicted molar refractivity (Wildman–Crippen MR) is 211 cm³/mol. The number of sulfone groups is 1. The van der Waals surface area contributed by atoms with Crippen LogP contribution in [-0.2, 0) is 29.0 Å². The molecule has 53 heavy (non-hydrogen) atoms. The molecule has 3 saturated carbocycles. The maximum Gasteiger partial charge on any atom is 0.315 e. The summed E-state index contributed by atoms with van der Waals surface area (Å²) in [5, 5.41) is 11.8. The average molecular weight is 798 g/mol. The minimum Gasteiger partial charge on any atom is -0.347 e. The number of hydrogen-bond donors (Lipinski definition) is 4. The van der Waals surface area contributed by atoms with E-state index in [1.54, 1.807) is 49.2 Å². The summed E-state index contributed by atoms with van der Waals surface area (Å²) in [6.45, 7) is 9.28. The zero-order chi connectivity index (χ0) is 38.7. The first-order valence-electron chi connectivity index (χ1n) is 20.0. The summed E-state index contributed by atoms with van der Waals surface area (Å²) in [7, 11) is -3.57. The number of rotatable bonds is 13. The zero-order valence-electron chi connectivity index (χ0n) is 32.5. The first-order chi connectivity index (χ1) is 24.9. The molecular weight excluding hydrogens is 735 g/mol. The van der Waals surface area contributed by atoms with Gasteiger partial charge < -0.3 is 26.2 Å². The fourth-order valence-corrected chi connectivity index (χ4v) is 13.3. The average Bonchev–Trinajstić information content (AvgIpc) is 3.84. The zero-order valence-corrected chi connectivity index (χ0v) is 34.9. The Morgan fingerprint density at radius 1 is 0.868 bits per heavy atom. The molecule has 4 N–H and O–H groups in total. The molecule has 0 unspecified atom stereocenters. The fraction of sp³-hybridized carbons (Fsp3) is 0.868. The number of nitrogens with one attached hydrogen (secondary N) is 4. The highest BCUT2D eigenvalue weighted by atomic mass is 32.2. The van der Waals surface area contributed by atoms with Crippen LogP contribution in [0.25, 0.3) is 0 Å². The molecule has 0 aromatic carbocycles. The van der Waals surface area contributed by atoms with Gasteiger partial charge in [-0.05, 0) is 89.1 Å². The van der Waals surface area contributed by atoms with Crippen molar-refractivity contribution in [1.82, 2.24) is 26.2 Å². The SMILES string of the molecule is CCC[C@H](NC(=O)[C@@H]1CC2(CN1C(=O)[C@@H](NC(=O)NC1(CS(=O)(=O)C(C)(C)C)CCCCC1)C1(C)CCCCC1)SCCCS2)C(=O)C(=O)NC1CC1. The lowest BCUT2D eigenvalue weighted by Crippen LogP contribution is -2.64. The van der Waals surface area contributed by atoms with Gasteiger partial charge in [-0.25, -0.2) is 13.2 Å². The molecule has 5 fully saturated rings. The second-order valence-corrected chi connectivity index (χ2v) is 23.5. The van der Waals surface area contributed by atoms with Crippen LogP contribution in [0.15, 0.2) is 0 Å². The first-order valence-corrected chi connectivity index (χ1v) is 23.6. The molecule has 3 aliphatic carbocycles. The molecule has 0 bridgehead atoms. The molecule has 5 amide bonds. The Morgan fingerprint density at radius 3 is 2.04 bits per heavy atom. The van der Waals surface area contributed by atoms with Gasteiger partial charge in [-0.2, -0.15) is 0 Å². The van der Waals surface area contributed by atoms with Crippen molar-refractivity contribution in [2.24, 2.45) is 5.41 Å². The van der Waals surface area contributed by atoms with E-state index >= 15 is 4.79 Å². The number of ketones is 1. The van der Waals surface area contributed by atoms with Crippen molar-refractivity contribution in [2.75, 3.05) is 23.8 Å². The molecule has 5 aliphatic rings. The van der Waals surface area contributed by atoms with E-state index in [9.17, 15) is 27.6 Å². The molecule has 15 heteroatoms. The molecular formula is C38H63N5O7S3. The molecule has 1 spiro atoms. The number of likely N-dealkylation sites (tertiary alicyclic amines) is 1. The Kier molecular flexibility index (Phi) is 13.5. The predicted octanol–water partition coefficient (Wildman–Crippen LogP) is 4.84. The highest BCUT2D eigenvalue weighted by Crippen LogP contribution is 2.51. The van der Waals surface area contributed by atoms with E-state index < -0.39 is 71.4 Å². The third-order valence-electron chi connectivity index (χ3n) is 12.0. The third kappa shape index (κ3) is 10.3. The van der Waals surface area contributed by atoms with Gasteiger partial charge in [-0.1, -0.05) is 58.8 Å². The quantitative estimate of drug-likeness (QED) is 0.191. The van der Waals surface area contributed by atoms with Crippen LogP contribution >= 0.6 is 23.5 Å². The van der Waals surface area contributed by atoms with Crippen LogP contribution in [0.5, 0.6) is 0 Å². The molecule has 300 valence electrons. The minimum absolute atomic E-state index is 0.00579. The minimum atomic E-state index is -3.57. The molecule has 2 aliphatic heterocycles. The number of carbonyl (C=O) groups is 5. The van der Waals surface area contributed by atoms with E-state index in [0.29, 0.717) is 38.6 Å². The lowest BCUT2D eigenvalue weighted by molar-refractivity contribution is -0.144. The lowest BCUT2D eigenvalue weighted by atomic mass is 9.70. The number of thioether (sulfide) groups is 2. The van der Waals surface area contributed by atoms with Crippen LogP contribution in [0.1, 0.15) is 137 Å². The fourth-order valence-electron chi connectivity index (χ4n) is 8.47. The first kappa shape index (κ1) is 42.1. The topological polar surface area (TPSA) is 171 Å². The molecule has 12 nitrogen and oxygen atoms in total. The summed E-state index contributed by atoms with van der Waals surface area (Å²) in [6, 6.07) is -3.40. The Morgan fingerprint density at radius 2 is 1.47 bits per heavy atom. The van der Waals surface area contributed by atoms with Gasteiger partial charge in [0, 0.05) is 19.0 Å². The van der Waals surface area contributed by atoms with Gasteiger partial charge >= 0.3 is 6.03 Å². The second-order valence-electron chi connectivity index (χ2n) is 17.6. The van der Waals surface area contributed by atoms with Gasteiger partial charge in [0.05, 0.1) is 26.2 Å². The van der Waals surface area contributed by atoms with E-state index in [1.807, 2.05) is 13.8 Å². The van der Waals surface area contributed by atoms with Gasteiger partial charge in [0.2, 0.25) is 17.6 Å². The van der Waals surface area contributed by atoms with E-state index in [0.717, 1.165) is 82.1 Å². The van der Waals surface area contributed by atoms with E-state index in [1.165, 1.54) is 0 Å². The third-order valence-corrected chi connectivity index (χ3v) is 18.2. The van der Waals surface area contributed by atoms with Crippen LogP contribution in [0.4, 0.5) is 4.79 Å². The lowest BCUT2D eigenvalue weighted by Gasteiger charge is -2.44. The van der Waals surface area contributed by atoms with Crippen molar-refractivity contribution in [2.45, 2.75) is 176 Å². The summed E-state index contributed by atoms with van der Waals surface area (Å²) >= 11 is 3.52. The summed E-state index contributed by atoms with van der Waals surface area (Å²) in [6.07, 6.45) is 11.9. The molecule has 3 atom stereocenters. The second kappa shape index (κ2) is 17.0. The highest BCUT2D eigenvalue weighted by molar-refractivity contribution is 8.18. The van der Waals surface area contributed by atoms with Gasteiger partial charge in [0.25, 0.3) is 5.91 Å². The van der Waals surface area contributed by atoms with E-state index in [4.69, 9.17) is 0 Å². The highest BCUT2D eigenvalue weighted by Gasteiger charge is 2.54. The van der Waals surface area contributed by atoms with Gasteiger partial charge in [0.15, 0.2) is 9.84 Å². The molecule has 0 aromatic heterocycles. The van der Waals surface area contributed by atoms with Crippen molar-refractivity contribution in [3.8, 4) is 0 Å². The summed E-state index contributed by atoms with van der Waals surface area (Å²) in [4.78, 5) is 71.2. The summed E-state index contributed by atoms with van der Waals surface area (Å²) < 4.78 is 25.6. The molecule has 0 aromatic rings. The van der Waals surface area contributed by atoms with Crippen LogP contribution in [-0.4, -0.2) is 105 Å². The van der Waals surface area contributed by atoms with Gasteiger partial charge in [-0.15, -0.1) is 23.5 Å². The van der Waals surface area contributed by atoms with E-state index in [2.05, 4.69) is 21.3 Å². The number of carbonyl (C=O) groups excluding carboxylic acids is 5. The Labute approximate surface area is 325 Å². The van der Waals surface area contributed by atoms with Crippen LogP contribution in [0.3, 0.4) is 0 Å². The Bertz CT molecular complexity index is 1480. The number of amides is 5. The molecule has 2 saturated heterocycles. The van der Waals surface area contributed by atoms with Crippen LogP contribution in [0, 0.1) is 5.41 Å². The maximum atomic E-state index is 15.1. The van der Waals surface area contributed by atoms with E-state index in [-0.39, 0.29) is 17.7 Å². The number of urea groups is 1. The number of Topliss-reactive ketones (excluding diaryl/α,β-unsaturated/α-hetero) is 1.